The van der Waals surface area contributed by atoms with Crippen LogP contribution in [0.15, 0.2) is 0 Å². The normalized spacial score (nSPS) is 0. The van der Waals surface area contributed by atoms with Gasteiger partial charge in [0.1, 0.15) is 0 Å². The van der Waals surface area contributed by atoms with Crippen molar-refractivity contribution < 1.29 is 0 Å². The Hall–Kier alpha value is 3.27. The first-order valence-corrected chi connectivity index (χ1v) is 0. The van der Waals surface area contributed by atoms with E-state index >= 15 is 0 Å². The second-order valence-electron chi connectivity index (χ2n) is 0. The van der Waals surface area contributed by atoms with Gasteiger partial charge >= 0.3 is 0 Å². The van der Waals surface area contributed by atoms with Crippen LogP contribution in [0.1, 0.15) is 0 Å². The topological polar surface area (TPSA) is 0 Å². The predicted molar refractivity (Wildman–Crippen MR) is 23.0 cm³/mol. The first-order valence-electron chi connectivity index (χ1n) is 0. The predicted octanol–water partition coefficient (Wildman–Crippen LogP) is -1.52. The van der Waals surface area contributed by atoms with Crippen molar-refractivity contribution in [3.8, 4) is 0 Å². The minimum absolute atomic E-state index is 0. The molecule has 0 saturated heterocycles. The Kier molecular flexibility index (Phi) is 109. The molecule has 0 N–H and O–H groups in total. The molecule has 0 aromatic carbocycles. The number of rotatable bonds is 0. The molecule has 0 bridgehead atoms. The van der Waals surface area contributed by atoms with E-state index in [1.807, 2.05) is 0 Å². The molecule has 0 amide bonds. The van der Waals surface area contributed by atoms with Crippen LogP contribution in [0.25, 0.3) is 0 Å². The summed E-state index contributed by atoms with van der Waals surface area (Å²) >= 11 is 0. The van der Waals surface area contributed by atoms with Crippen LogP contribution in [-0.4, -0.2) is 97.7 Å². The molecule has 0 atom stereocenters. The molecule has 0 fully saturated rings. The summed E-state index contributed by atoms with van der Waals surface area (Å²) in [5.74, 6) is 0. The number of hydrogen-bond acceptors (Lipinski definition) is 0. The van der Waals surface area contributed by atoms with Gasteiger partial charge in [-0.3, -0.25) is 0 Å². The molecule has 0 aliphatic heterocycles. The maximum Gasteiger partial charge on any atom is 0 e. The van der Waals surface area contributed by atoms with Crippen molar-refractivity contribution >= 4 is 97.7 Å². The van der Waals surface area contributed by atoms with E-state index in [2.05, 4.69) is 0 Å². The summed E-state index contributed by atoms with van der Waals surface area (Å²) in [6, 6.07) is 0. The van der Waals surface area contributed by atoms with Crippen molar-refractivity contribution in [1.82, 2.24) is 0 Å². The van der Waals surface area contributed by atoms with Crippen LogP contribution >= 0.6 is 0 Å². The smallest absolute Gasteiger partial charge is 0 e. The molecule has 0 aliphatic rings. The Bertz CT molecular complexity index is 0. The van der Waals surface area contributed by atoms with Gasteiger partial charge in [0.2, 0.25) is 0 Å². The van der Waals surface area contributed by atoms with Crippen LogP contribution in [0, 0.1) is 0 Å². The average Bonchev–Trinajstić information content (AvgIpc) is 0. The van der Waals surface area contributed by atoms with Gasteiger partial charge < -0.3 is 0 Å². The summed E-state index contributed by atoms with van der Waals surface area (Å²) in [6.07, 6.45) is 0. The zero-order chi connectivity index (χ0) is 0. The third-order valence-corrected chi connectivity index (χ3v) is 0. The molecule has 0 aliphatic carbocycles. The van der Waals surface area contributed by atoms with Gasteiger partial charge in [0.25, 0.3) is 0 Å². The van der Waals surface area contributed by atoms with E-state index in [9.17, 15) is 0 Å². The molecule has 0 heterocycles. The minimum atomic E-state index is 0. The fourth-order valence-corrected chi connectivity index (χ4v) is 0. The van der Waals surface area contributed by atoms with Gasteiger partial charge in [-0.25, -0.2) is 0 Å². The molecule has 0 spiro atoms. The maximum absolute atomic E-state index is 0. The van der Waals surface area contributed by atoms with Gasteiger partial charge in [0.15, 0.2) is 0 Å². The van der Waals surface area contributed by atoms with Crippen molar-refractivity contribution in [3.63, 3.8) is 0 Å². The summed E-state index contributed by atoms with van der Waals surface area (Å²) < 4.78 is 0. The summed E-state index contributed by atoms with van der Waals surface area (Å²) in [5, 5.41) is 0. The van der Waals surface area contributed by atoms with Crippen molar-refractivity contribution in [2.75, 3.05) is 0 Å². The molecular formula is Sb4. The van der Waals surface area contributed by atoms with E-state index in [4.69, 9.17) is 0 Å². The van der Waals surface area contributed by atoms with Crippen molar-refractivity contribution in [2.45, 2.75) is 0 Å². The molecule has 0 rings (SSSR count). The van der Waals surface area contributed by atoms with Crippen molar-refractivity contribution in [3.05, 3.63) is 0 Å². The van der Waals surface area contributed by atoms with E-state index in [1.54, 1.807) is 0 Å². The minimum Gasteiger partial charge on any atom is 0 e. The van der Waals surface area contributed by atoms with Crippen molar-refractivity contribution in [2.24, 2.45) is 0 Å². The van der Waals surface area contributed by atoms with E-state index in [-0.39, 0.29) is 97.7 Å². The van der Waals surface area contributed by atoms with Crippen LogP contribution in [0.2, 0.25) is 0 Å². The third-order valence-electron chi connectivity index (χ3n) is 0. The molecule has 0 aromatic heterocycles. The largest absolute Gasteiger partial charge is 0 e. The van der Waals surface area contributed by atoms with Crippen molar-refractivity contribution in [1.29, 1.82) is 0 Å². The summed E-state index contributed by atoms with van der Waals surface area (Å²) in [7, 11) is 0. The summed E-state index contributed by atoms with van der Waals surface area (Å²) in [5.41, 5.74) is 0. The van der Waals surface area contributed by atoms with Crippen LogP contribution in [-0.2, 0) is 0 Å². The Morgan fingerprint density at radius 3 is 0.250 bits per heavy atom. The van der Waals surface area contributed by atoms with Crippen LogP contribution in [0.5, 0.6) is 0 Å². The monoisotopic (exact) mass is 484 g/mol. The van der Waals surface area contributed by atoms with Gasteiger partial charge in [-0.05, 0) is 0 Å². The zero-order valence-electron chi connectivity index (χ0n) is 1.79. The average molecular weight is 487 g/mol. The maximum atomic E-state index is 0. The Labute approximate surface area is 95.7 Å². The molecule has 4 heavy (non-hydrogen) atoms. The van der Waals surface area contributed by atoms with E-state index < -0.39 is 0 Å². The number of hydrogen-bond donors (Lipinski definition) is 0. The Morgan fingerprint density at radius 2 is 0.250 bits per heavy atom. The van der Waals surface area contributed by atoms with Gasteiger partial charge in [-0.2, -0.15) is 0 Å². The molecule has 12 radical (unpaired) electrons. The van der Waals surface area contributed by atoms with Gasteiger partial charge in [0, 0.05) is 97.7 Å². The fourth-order valence-electron chi connectivity index (χ4n) is 0. The van der Waals surface area contributed by atoms with Crippen LogP contribution < -0.4 is 0 Å². The van der Waals surface area contributed by atoms with E-state index in [1.165, 1.54) is 0 Å². The Balaban J connectivity index is 0. The molecule has 0 saturated carbocycles. The second-order valence-corrected chi connectivity index (χ2v) is 0. The fraction of sp³-hybridized carbons (Fsp3) is 0. The molecular weight excluding hydrogens is 487 g/mol. The summed E-state index contributed by atoms with van der Waals surface area (Å²) in [4.78, 5) is 0. The zero-order valence-corrected chi connectivity index (χ0v) is 12.0. The standard InChI is InChI=1S/4Sb. The van der Waals surface area contributed by atoms with Gasteiger partial charge in [-0.15, -0.1) is 0 Å². The SMILES string of the molecule is [Sb].[Sb].[Sb].[Sb]. The first kappa shape index (κ1) is 26.7. The first-order chi connectivity index (χ1) is 0. The van der Waals surface area contributed by atoms with E-state index in [0.29, 0.717) is 0 Å². The second kappa shape index (κ2) is 16.3. The van der Waals surface area contributed by atoms with Crippen LogP contribution in [0.4, 0.5) is 0 Å². The molecule has 20 valence electrons. The van der Waals surface area contributed by atoms with E-state index in [0.717, 1.165) is 0 Å². The molecule has 0 aromatic rings. The molecule has 0 nitrogen and oxygen atoms in total. The quantitative estimate of drug-likeness (QED) is 0.365. The summed E-state index contributed by atoms with van der Waals surface area (Å²) in [6.45, 7) is 0. The van der Waals surface area contributed by atoms with Gasteiger partial charge in [-0.1, -0.05) is 0 Å². The Morgan fingerprint density at radius 1 is 0.250 bits per heavy atom. The van der Waals surface area contributed by atoms with Crippen LogP contribution in [0.3, 0.4) is 0 Å². The molecule has 4 heteroatoms. The third kappa shape index (κ3) is 8.99. The molecule has 0 unspecified atom stereocenters. The van der Waals surface area contributed by atoms with Gasteiger partial charge in [0.05, 0.1) is 0 Å².